The average Bonchev–Trinajstić information content (AvgIpc) is 2.28. The Kier molecular flexibility index (Phi) is 4.20. The fourth-order valence-electron chi connectivity index (χ4n) is 1.09. The van der Waals surface area contributed by atoms with Gasteiger partial charge in [0.1, 0.15) is 6.10 Å². The van der Waals surface area contributed by atoms with E-state index in [2.05, 4.69) is 0 Å². The van der Waals surface area contributed by atoms with Crippen LogP contribution in [-0.2, 0) is 4.74 Å². The number of nitrogens with zero attached hydrogens (tertiary/aromatic N) is 1. The number of non-ortho nitro benzene ring substituents is 1. The number of nitro groups is 1. The van der Waals surface area contributed by atoms with Gasteiger partial charge in [-0.15, -0.1) is 0 Å². The summed E-state index contributed by atoms with van der Waals surface area (Å²) in [6.45, 7) is 5.72. The molecule has 0 aliphatic carbocycles. The van der Waals surface area contributed by atoms with Crippen molar-refractivity contribution in [2.45, 2.75) is 26.9 Å². The van der Waals surface area contributed by atoms with Crippen LogP contribution < -0.4 is 0 Å². The minimum absolute atomic E-state index is 0.0431. The van der Waals surface area contributed by atoms with Crippen molar-refractivity contribution in [1.29, 1.82) is 0 Å². The van der Waals surface area contributed by atoms with E-state index in [1.54, 1.807) is 0 Å². The summed E-state index contributed by atoms with van der Waals surface area (Å²) in [6.07, 6.45) is -0.183. The third-order valence-electron chi connectivity index (χ3n) is 2.55. The molecule has 0 saturated heterocycles. The third kappa shape index (κ3) is 3.55. The van der Waals surface area contributed by atoms with Crippen molar-refractivity contribution in [3.05, 3.63) is 39.9 Å². The van der Waals surface area contributed by atoms with E-state index < -0.39 is 10.9 Å². The molecular formula is C12H15NO4. The first-order chi connectivity index (χ1) is 7.91. The van der Waals surface area contributed by atoms with Gasteiger partial charge in [0.05, 0.1) is 10.5 Å². The van der Waals surface area contributed by atoms with Gasteiger partial charge in [-0.1, -0.05) is 13.8 Å². The second-order valence-corrected chi connectivity index (χ2v) is 4.16. The molecule has 1 aromatic carbocycles. The van der Waals surface area contributed by atoms with Gasteiger partial charge in [0.25, 0.3) is 5.69 Å². The number of benzene rings is 1. The lowest BCUT2D eigenvalue weighted by Gasteiger charge is -2.16. The zero-order valence-electron chi connectivity index (χ0n) is 10.0. The second-order valence-electron chi connectivity index (χ2n) is 4.16. The van der Waals surface area contributed by atoms with Crippen molar-refractivity contribution in [1.82, 2.24) is 0 Å². The van der Waals surface area contributed by atoms with E-state index in [4.69, 9.17) is 4.74 Å². The topological polar surface area (TPSA) is 69.4 Å². The average molecular weight is 237 g/mol. The highest BCUT2D eigenvalue weighted by atomic mass is 16.6. The Morgan fingerprint density at radius 1 is 1.24 bits per heavy atom. The van der Waals surface area contributed by atoms with Crippen LogP contribution in [0.5, 0.6) is 0 Å². The molecule has 0 N–H and O–H groups in total. The summed E-state index contributed by atoms with van der Waals surface area (Å²) in [5.74, 6) is -0.224. The number of esters is 1. The molecule has 1 rings (SSSR count). The molecule has 0 saturated carbocycles. The van der Waals surface area contributed by atoms with Crippen LogP contribution >= 0.6 is 0 Å². The minimum Gasteiger partial charge on any atom is -0.459 e. The minimum atomic E-state index is -0.508. The zero-order chi connectivity index (χ0) is 13.0. The highest BCUT2D eigenvalue weighted by Crippen LogP contribution is 2.14. The first-order valence-corrected chi connectivity index (χ1v) is 5.37. The molecule has 17 heavy (non-hydrogen) atoms. The molecule has 0 aliphatic heterocycles. The van der Waals surface area contributed by atoms with E-state index >= 15 is 0 Å². The van der Waals surface area contributed by atoms with Crippen molar-refractivity contribution < 1.29 is 14.5 Å². The van der Waals surface area contributed by atoms with Crippen molar-refractivity contribution >= 4 is 11.7 Å². The number of rotatable bonds is 4. The van der Waals surface area contributed by atoms with Crippen LogP contribution in [-0.4, -0.2) is 17.0 Å². The van der Waals surface area contributed by atoms with Gasteiger partial charge in [-0.25, -0.2) is 4.79 Å². The second kappa shape index (κ2) is 5.43. The van der Waals surface area contributed by atoms with Gasteiger partial charge >= 0.3 is 5.97 Å². The van der Waals surface area contributed by atoms with Crippen LogP contribution in [0, 0.1) is 16.0 Å². The molecule has 1 aromatic rings. The SMILES string of the molecule is CC(C)C(C)OC(=O)c1ccc([N+](=O)[O-])cc1. The monoisotopic (exact) mass is 237 g/mol. The molecule has 92 valence electrons. The van der Waals surface area contributed by atoms with Gasteiger partial charge in [0.2, 0.25) is 0 Å². The predicted octanol–water partition coefficient (Wildman–Crippen LogP) is 2.80. The Bertz CT molecular complexity index is 411. The van der Waals surface area contributed by atoms with Crippen molar-refractivity contribution in [3.8, 4) is 0 Å². The Morgan fingerprint density at radius 3 is 2.18 bits per heavy atom. The lowest BCUT2D eigenvalue weighted by Crippen LogP contribution is -2.20. The van der Waals surface area contributed by atoms with Crippen LogP contribution in [0.1, 0.15) is 31.1 Å². The van der Waals surface area contributed by atoms with Gasteiger partial charge in [-0.3, -0.25) is 10.1 Å². The lowest BCUT2D eigenvalue weighted by atomic mass is 10.1. The first kappa shape index (κ1) is 13.2. The lowest BCUT2D eigenvalue weighted by molar-refractivity contribution is -0.384. The van der Waals surface area contributed by atoms with E-state index in [-0.39, 0.29) is 17.7 Å². The zero-order valence-corrected chi connectivity index (χ0v) is 10.0. The normalized spacial score (nSPS) is 12.2. The van der Waals surface area contributed by atoms with E-state index in [0.717, 1.165) is 0 Å². The van der Waals surface area contributed by atoms with Gasteiger partial charge in [-0.2, -0.15) is 0 Å². The summed E-state index contributed by atoms with van der Waals surface area (Å²) in [7, 11) is 0. The summed E-state index contributed by atoms with van der Waals surface area (Å²) in [5.41, 5.74) is 0.279. The molecule has 1 unspecified atom stereocenters. The highest BCUT2D eigenvalue weighted by Gasteiger charge is 2.15. The largest absolute Gasteiger partial charge is 0.459 e. The molecule has 0 fully saturated rings. The predicted molar refractivity (Wildman–Crippen MR) is 62.8 cm³/mol. The molecule has 1 atom stereocenters. The molecule has 0 amide bonds. The van der Waals surface area contributed by atoms with Crippen LogP contribution in [0.3, 0.4) is 0 Å². The van der Waals surface area contributed by atoms with Gasteiger partial charge in [-0.05, 0) is 25.0 Å². The molecule has 5 heteroatoms. The molecule has 0 bridgehead atoms. The van der Waals surface area contributed by atoms with E-state index in [1.165, 1.54) is 24.3 Å². The molecule has 0 heterocycles. The summed E-state index contributed by atoms with van der Waals surface area (Å²) >= 11 is 0. The fourth-order valence-corrected chi connectivity index (χ4v) is 1.09. The maximum atomic E-state index is 11.6. The summed E-state index contributed by atoms with van der Waals surface area (Å²) < 4.78 is 5.19. The number of carbonyl (C=O) groups is 1. The highest BCUT2D eigenvalue weighted by molar-refractivity contribution is 5.89. The van der Waals surface area contributed by atoms with Crippen LogP contribution in [0.25, 0.3) is 0 Å². The van der Waals surface area contributed by atoms with E-state index in [1.807, 2.05) is 20.8 Å². The molecule has 0 radical (unpaired) electrons. The van der Waals surface area contributed by atoms with Gasteiger partial charge in [0.15, 0.2) is 0 Å². The summed E-state index contributed by atoms with van der Waals surface area (Å²) in [4.78, 5) is 21.6. The molecule has 0 spiro atoms. The number of nitro benzene ring substituents is 1. The van der Waals surface area contributed by atoms with Gasteiger partial charge < -0.3 is 4.74 Å². The molecule has 5 nitrogen and oxygen atoms in total. The quantitative estimate of drug-likeness (QED) is 0.458. The standard InChI is InChI=1S/C12H15NO4/c1-8(2)9(3)17-12(14)10-4-6-11(7-5-10)13(15)16/h4-9H,1-3H3. The smallest absolute Gasteiger partial charge is 0.338 e. The number of carbonyl (C=O) groups excluding carboxylic acids is 1. The number of ether oxygens (including phenoxy) is 1. The Balaban J connectivity index is 2.73. The first-order valence-electron chi connectivity index (χ1n) is 5.37. The Hall–Kier alpha value is -1.91. The summed E-state index contributed by atoms with van der Waals surface area (Å²) in [5, 5.41) is 10.4. The molecular weight excluding hydrogens is 222 g/mol. The van der Waals surface area contributed by atoms with E-state index in [9.17, 15) is 14.9 Å². The van der Waals surface area contributed by atoms with Crippen LogP contribution in [0.2, 0.25) is 0 Å². The van der Waals surface area contributed by atoms with E-state index in [0.29, 0.717) is 5.56 Å². The van der Waals surface area contributed by atoms with Crippen molar-refractivity contribution in [2.75, 3.05) is 0 Å². The summed E-state index contributed by atoms with van der Waals surface area (Å²) in [6, 6.07) is 5.37. The maximum absolute atomic E-state index is 11.6. The fraction of sp³-hybridized carbons (Fsp3) is 0.417. The molecule has 0 aromatic heterocycles. The number of hydrogen-bond acceptors (Lipinski definition) is 4. The van der Waals surface area contributed by atoms with Gasteiger partial charge in [0, 0.05) is 12.1 Å². The number of hydrogen-bond donors (Lipinski definition) is 0. The van der Waals surface area contributed by atoms with Crippen LogP contribution in [0.4, 0.5) is 5.69 Å². The Morgan fingerprint density at radius 2 is 1.76 bits per heavy atom. The van der Waals surface area contributed by atoms with Crippen molar-refractivity contribution in [3.63, 3.8) is 0 Å². The van der Waals surface area contributed by atoms with Crippen LogP contribution in [0.15, 0.2) is 24.3 Å². The third-order valence-corrected chi connectivity index (χ3v) is 2.55. The maximum Gasteiger partial charge on any atom is 0.338 e. The molecule has 0 aliphatic rings. The van der Waals surface area contributed by atoms with Crippen molar-refractivity contribution in [2.24, 2.45) is 5.92 Å². The Labute approximate surface area is 99.5 Å².